The quantitative estimate of drug-likeness (QED) is 0.604. The van der Waals surface area contributed by atoms with E-state index in [0.717, 1.165) is 5.56 Å². The molecule has 4 aromatic rings. The van der Waals surface area contributed by atoms with Crippen molar-refractivity contribution >= 4 is 17.0 Å². The number of rotatable bonds is 4. The van der Waals surface area contributed by atoms with E-state index in [1.165, 1.54) is 0 Å². The minimum atomic E-state index is -0.255. The van der Waals surface area contributed by atoms with Gasteiger partial charge in [0, 0.05) is 18.3 Å². The van der Waals surface area contributed by atoms with Gasteiger partial charge in [0.2, 0.25) is 5.95 Å². The first-order valence-corrected chi connectivity index (χ1v) is 7.52. The van der Waals surface area contributed by atoms with E-state index >= 15 is 0 Å². The molecule has 3 heterocycles. The Balaban J connectivity index is 1.72. The molecule has 6 nitrogen and oxygen atoms in total. The lowest BCUT2D eigenvalue weighted by molar-refractivity contribution is 0.583. The number of aromatic amines is 1. The Morgan fingerprint density at radius 3 is 2.75 bits per heavy atom. The molecule has 0 unspecified atom stereocenters. The molecule has 0 fully saturated rings. The van der Waals surface area contributed by atoms with Crippen LogP contribution in [-0.4, -0.2) is 15.0 Å². The predicted octanol–water partition coefficient (Wildman–Crippen LogP) is 3.19. The molecule has 6 heteroatoms. The lowest BCUT2D eigenvalue weighted by Crippen LogP contribution is -2.14. The molecule has 24 heavy (non-hydrogen) atoms. The van der Waals surface area contributed by atoms with Crippen LogP contribution in [-0.2, 0) is 6.54 Å². The summed E-state index contributed by atoms with van der Waals surface area (Å²) in [6.07, 6.45) is 3.19. The molecule has 0 amide bonds. The molecular formula is C18H14N4O2. The zero-order valence-electron chi connectivity index (χ0n) is 12.7. The third-order valence-electron chi connectivity index (χ3n) is 3.70. The summed E-state index contributed by atoms with van der Waals surface area (Å²) < 4.78 is 5.39. The zero-order chi connectivity index (χ0) is 16.4. The van der Waals surface area contributed by atoms with E-state index in [9.17, 15) is 4.79 Å². The number of hydrogen-bond acceptors (Lipinski definition) is 5. The largest absolute Gasteiger partial charge is 0.464 e. The summed E-state index contributed by atoms with van der Waals surface area (Å²) in [4.78, 5) is 23.9. The molecule has 0 saturated heterocycles. The standard InChI is InChI=1S/C18H14N4O2/c23-17-15-13(14-7-4-10-24-14)8-9-19-16(15)21-18(22-17)20-11-12-5-2-1-3-6-12/h1-10H,11H2,(H2,19,20,21,22,23). The molecule has 4 rings (SSSR count). The first kappa shape index (κ1) is 14.2. The van der Waals surface area contributed by atoms with Crippen molar-refractivity contribution in [1.29, 1.82) is 0 Å². The van der Waals surface area contributed by atoms with Crippen molar-refractivity contribution in [3.05, 3.63) is 76.9 Å². The van der Waals surface area contributed by atoms with Gasteiger partial charge in [0.15, 0.2) is 5.65 Å². The van der Waals surface area contributed by atoms with Gasteiger partial charge in [-0.05, 0) is 23.8 Å². The molecule has 0 saturated carbocycles. The molecule has 0 aliphatic rings. The summed E-state index contributed by atoms with van der Waals surface area (Å²) in [6, 6.07) is 15.2. The van der Waals surface area contributed by atoms with Crippen LogP contribution in [0.25, 0.3) is 22.4 Å². The van der Waals surface area contributed by atoms with Gasteiger partial charge >= 0.3 is 0 Å². The van der Waals surface area contributed by atoms with Crippen LogP contribution in [0.1, 0.15) is 5.56 Å². The Bertz CT molecular complexity index is 1020. The van der Waals surface area contributed by atoms with Crippen LogP contribution in [0.3, 0.4) is 0 Å². The topological polar surface area (TPSA) is 83.8 Å². The van der Waals surface area contributed by atoms with Crippen molar-refractivity contribution < 1.29 is 4.42 Å². The highest BCUT2D eigenvalue weighted by atomic mass is 16.3. The normalized spacial score (nSPS) is 10.8. The van der Waals surface area contributed by atoms with E-state index in [0.29, 0.717) is 34.9 Å². The smallest absolute Gasteiger partial charge is 0.262 e. The summed E-state index contributed by atoms with van der Waals surface area (Å²) in [5, 5.41) is 3.53. The summed E-state index contributed by atoms with van der Waals surface area (Å²) in [5.74, 6) is 1.00. The van der Waals surface area contributed by atoms with Crippen molar-refractivity contribution in [2.45, 2.75) is 6.54 Å². The highest BCUT2D eigenvalue weighted by Crippen LogP contribution is 2.24. The van der Waals surface area contributed by atoms with Gasteiger partial charge in [-0.15, -0.1) is 0 Å². The number of nitrogens with zero attached hydrogens (tertiary/aromatic N) is 2. The molecule has 0 radical (unpaired) electrons. The number of H-pyrrole nitrogens is 1. The second kappa shape index (κ2) is 6.00. The van der Waals surface area contributed by atoms with Crippen LogP contribution in [0.4, 0.5) is 5.95 Å². The molecule has 118 valence electrons. The number of anilines is 1. The van der Waals surface area contributed by atoms with Crippen LogP contribution in [0.2, 0.25) is 0 Å². The average molecular weight is 318 g/mol. The minimum absolute atomic E-state index is 0.255. The van der Waals surface area contributed by atoms with E-state index in [1.54, 1.807) is 30.7 Å². The van der Waals surface area contributed by atoms with Gasteiger partial charge in [0.25, 0.3) is 5.56 Å². The van der Waals surface area contributed by atoms with Crippen molar-refractivity contribution in [1.82, 2.24) is 15.0 Å². The number of fused-ring (bicyclic) bond motifs is 1. The van der Waals surface area contributed by atoms with Gasteiger partial charge in [-0.3, -0.25) is 9.78 Å². The summed E-state index contributed by atoms with van der Waals surface area (Å²) >= 11 is 0. The predicted molar refractivity (Wildman–Crippen MR) is 91.6 cm³/mol. The van der Waals surface area contributed by atoms with Crippen LogP contribution < -0.4 is 10.9 Å². The summed E-state index contributed by atoms with van der Waals surface area (Å²) in [6.45, 7) is 0.563. The molecule has 2 N–H and O–H groups in total. The lowest BCUT2D eigenvalue weighted by Gasteiger charge is -2.07. The third-order valence-corrected chi connectivity index (χ3v) is 3.70. The molecule has 3 aromatic heterocycles. The van der Waals surface area contributed by atoms with Crippen LogP contribution >= 0.6 is 0 Å². The number of hydrogen-bond donors (Lipinski definition) is 2. The Kier molecular flexibility index (Phi) is 3.55. The second-order valence-electron chi connectivity index (χ2n) is 5.29. The molecular weight excluding hydrogens is 304 g/mol. The van der Waals surface area contributed by atoms with Crippen molar-refractivity contribution in [2.24, 2.45) is 0 Å². The van der Waals surface area contributed by atoms with Gasteiger partial charge in [-0.1, -0.05) is 30.3 Å². The summed E-state index contributed by atoms with van der Waals surface area (Å²) in [5.41, 5.74) is 1.89. The fourth-order valence-electron chi connectivity index (χ4n) is 2.57. The third kappa shape index (κ3) is 2.65. The highest BCUT2D eigenvalue weighted by Gasteiger charge is 2.12. The van der Waals surface area contributed by atoms with Crippen LogP contribution in [0.15, 0.2) is 70.2 Å². The van der Waals surface area contributed by atoms with Gasteiger partial charge in [-0.25, -0.2) is 4.98 Å². The van der Waals surface area contributed by atoms with E-state index in [-0.39, 0.29) is 5.56 Å². The van der Waals surface area contributed by atoms with Crippen molar-refractivity contribution in [3.8, 4) is 11.3 Å². The molecule has 0 spiro atoms. The Morgan fingerprint density at radius 1 is 1.08 bits per heavy atom. The van der Waals surface area contributed by atoms with Gasteiger partial charge < -0.3 is 9.73 Å². The average Bonchev–Trinajstić information content (AvgIpc) is 3.15. The monoisotopic (exact) mass is 318 g/mol. The highest BCUT2D eigenvalue weighted by molar-refractivity contribution is 5.90. The first-order valence-electron chi connectivity index (χ1n) is 7.52. The minimum Gasteiger partial charge on any atom is -0.464 e. The molecule has 1 aromatic carbocycles. The maximum atomic E-state index is 12.5. The second-order valence-corrected chi connectivity index (χ2v) is 5.29. The van der Waals surface area contributed by atoms with E-state index in [2.05, 4.69) is 20.3 Å². The maximum absolute atomic E-state index is 12.5. The van der Waals surface area contributed by atoms with Gasteiger partial charge in [0.05, 0.1) is 11.6 Å². The van der Waals surface area contributed by atoms with Crippen LogP contribution in [0.5, 0.6) is 0 Å². The Morgan fingerprint density at radius 2 is 1.96 bits per heavy atom. The van der Waals surface area contributed by atoms with Crippen LogP contribution in [0, 0.1) is 0 Å². The summed E-state index contributed by atoms with van der Waals surface area (Å²) in [7, 11) is 0. The Hall–Kier alpha value is -3.41. The number of furan rings is 1. The fourth-order valence-corrected chi connectivity index (χ4v) is 2.57. The number of benzene rings is 1. The van der Waals surface area contributed by atoms with Gasteiger partial charge in [0.1, 0.15) is 5.76 Å². The molecule has 0 bridgehead atoms. The number of aromatic nitrogens is 3. The van der Waals surface area contributed by atoms with E-state index < -0.39 is 0 Å². The molecule has 0 atom stereocenters. The van der Waals surface area contributed by atoms with Crippen molar-refractivity contribution in [2.75, 3.05) is 5.32 Å². The lowest BCUT2D eigenvalue weighted by atomic mass is 10.1. The fraction of sp³-hybridized carbons (Fsp3) is 0.0556. The number of nitrogens with one attached hydrogen (secondary N) is 2. The van der Waals surface area contributed by atoms with E-state index in [1.807, 2.05) is 30.3 Å². The van der Waals surface area contributed by atoms with Crippen molar-refractivity contribution in [3.63, 3.8) is 0 Å². The molecule has 0 aliphatic heterocycles. The zero-order valence-corrected chi connectivity index (χ0v) is 12.7. The first-order chi connectivity index (χ1) is 11.8. The van der Waals surface area contributed by atoms with Gasteiger partial charge in [-0.2, -0.15) is 4.98 Å². The maximum Gasteiger partial charge on any atom is 0.262 e. The number of pyridine rings is 1. The van der Waals surface area contributed by atoms with E-state index in [4.69, 9.17) is 4.42 Å². The molecule has 0 aliphatic carbocycles. The SMILES string of the molecule is O=c1[nH]c(NCc2ccccc2)nc2nccc(-c3ccco3)c12. The Labute approximate surface area is 137 Å².